The average Bonchev–Trinajstić information content (AvgIpc) is 3.12. The summed E-state index contributed by atoms with van der Waals surface area (Å²) < 4.78 is 0. The van der Waals surface area contributed by atoms with Crippen molar-refractivity contribution in [1.82, 2.24) is 0 Å². The Morgan fingerprint density at radius 1 is 0.444 bits per heavy atom. The lowest BCUT2D eigenvalue weighted by Gasteiger charge is -2.16. The Morgan fingerprint density at radius 3 is 1.84 bits per heavy atom. The monoisotopic (exact) mass is 575 g/mol. The molecule has 1 aliphatic rings. The molecule has 0 bridgehead atoms. The summed E-state index contributed by atoms with van der Waals surface area (Å²) in [5, 5.41) is 6.38. The number of nitrogens with one attached hydrogen (secondary N) is 1. The standard InChI is InChI=1S/C44H33N/c1-3-10-31(11-4-1)35-15-9-16-38(28-35)43-30-37(32-12-5-2-6-13-32)23-27-44(43)45-40-24-20-33(21-25-40)36-22-26-42-39(29-36)19-18-34-14-7-8-17-41(34)42/h1-6,8-13,15-30,45H,7,14H2. The first kappa shape index (κ1) is 26.9. The van der Waals surface area contributed by atoms with Crippen LogP contribution >= 0.6 is 0 Å². The van der Waals surface area contributed by atoms with Crippen molar-refractivity contribution in [1.29, 1.82) is 0 Å². The first-order valence-corrected chi connectivity index (χ1v) is 15.7. The maximum Gasteiger partial charge on any atom is 0.0464 e. The van der Waals surface area contributed by atoms with Gasteiger partial charge in [0.05, 0.1) is 0 Å². The molecule has 1 heteroatoms. The Labute approximate surface area is 265 Å². The zero-order valence-corrected chi connectivity index (χ0v) is 25.1. The van der Waals surface area contributed by atoms with Gasteiger partial charge >= 0.3 is 0 Å². The molecule has 0 radical (unpaired) electrons. The third kappa shape index (κ3) is 5.46. The van der Waals surface area contributed by atoms with Gasteiger partial charge in [0.15, 0.2) is 0 Å². The predicted molar refractivity (Wildman–Crippen MR) is 193 cm³/mol. The van der Waals surface area contributed by atoms with Crippen LogP contribution in [-0.4, -0.2) is 0 Å². The summed E-state index contributed by atoms with van der Waals surface area (Å²) in [4.78, 5) is 0. The van der Waals surface area contributed by atoms with Crippen molar-refractivity contribution in [3.63, 3.8) is 0 Å². The molecule has 0 aliphatic heterocycles. The summed E-state index contributed by atoms with van der Waals surface area (Å²) in [5.41, 5.74) is 14.6. The third-order valence-electron chi connectivity index (χ3n) is 8.92. The van der Waals surface area contributed by atoms with Crippen molar-refractivity contribution in [3.05, 3.63) is 175 Å². The quantitative estimate of drug-likeness (QED) is 0.208. The molecule has 0 saturated carbocycles. The maximum absolute atomic E-state index is 3.74. The molecule has 0 unspecified atom stereocenters. The summed E-state index contributed by atoms with van der Waals surface area (Å²) in [6.45, 7) is 0. The normalized spacial score (nSPS) is 12.2. The summed E-state index contributed by atoms with van der Waals surface area (Å²) >= 11 is 0. The van der Waals surface area contributed by atoms with E-state index in [1.54, 1.807) is 0 Å². The number of allylic oxidation sites excluding steroid dienone is 1. The highest BCUT2D eigenvalue weighted by Gasteiger charge is 2.12. The number of hydrogen-bond acceptors (Lipinski definition) is 1. The fourth-order valence-corrected chi connectivity index (χ4v) is 6.53. The highest BCUT2D eigenvalue weighted by Crippen LogP contribution is 2.37. The van der Waals surface area contributed by atoms with Gasteiger partial charge in [0.25, 0.3) is 0 Å². The predicted octanol–water partition coefficient (Wildman–Crippen LogP) is 12.2. The summed E-state index contributed by atoms with van der Waals surface area (Å²) in [5.74, 6) is 0. The molecule has 0 atom stereocenters. The highest BCUT2D eigenvalue weighted by molar-refractivity contribution is 5.95. The molecule has 0 spiro atoms. The first-order valence-electron chi connectivity index (χ1n) is 15.7. The molecule has 8 rings (SSSR count). The summed E-state index contributed by atoms with van der Waals surface area (Å²) in [7, 11) is 0. The smallest absolute Gasteiger partial charge is 0.0464 e. The molecule has 0 saturated heterocycles. The van der Waals surface area contributed by atoms with Crippen LogP contribution in [0.1, 0.15) is 17.5 Å². The molecule has 1 aliphatic carbocycles. The average molecular weight is 576 g/mol. The molecule has 0 heterocycles. The van der Waals surface area contributed by atoms with Crippen LogP contribution in [0.5, 0.6) is 0 Å². The van der Waals surface area contributed by atoms with Gasteiger partial charge in [0.1, 0.15) is 0 Å². The van der Waals surface area contributed by atoms with Gasteiger partial charge in [-0.25, -0.2) is 0 Å². The summed E-state index contributed by atoms with van der Waals surface area (Å²) in [6, 6.07) is 57.0. The number of benzene rings is 7. The summed E-state index contributed by atoms with van der Waals surface area (Å²) in [6.07, 6.45) is 6.85. The highest BCUT2D eigenvalue weighted by atomic mass is 14.9. The van der Waals surface area contributed by atoms with Crippen LogP contribution in [0.25, 0.3) is 61.4 Å². The van der Waals surface area contributed by atoms with E-state index in [0.29, 0.717) is 0 Å². The van der Waals surface area contributed by atoms with Crippen molar-refractivity contribution in [2.45, 2.75) is 12.8 Å². The Bertz CT molecular complexity index is 2160. The fraction of sp³-hybridized carbons (Fsp3) is 0.0455. The number of anilines is 2. The molecule has 7 aromatic rings. The maximum atomic E-state index is 3.74. The topological polar surface area (TPSA) is 12.0 Å². The largest absolute Gasteiger partial charge is 0.355 e. The minimum Gasteiger partial charge on any atom is -0.355 e. The van der Waals surface area contributed by atoms with Crippen LogP contribution in [0.2, 0.25) is 0 Å². The van der Waals surface area contributed by atoms with Gasteiger partial charge in [-0.1, -0.05) is 133 Å². The third-order valence-corrected chi connectivity index (χ3v) is 8.92. The lowest BCUT2D eigenvalue weighted by atomic mass is 9.91. The zero-order valence-electron chi connectivity index (χ0n) is 25.1. The molecule has 214 valence electrons. The van der Waals surface area contributed by atoms with E-state index in [-0.39, 0.29) is 0 Å². The first-order chi connectivity index (χ1) is 22.3. The van der Waals surface area contributed by atoms with Gasteiger partial charge in [-0.2, -0.15) is 0 Å². The number of hydrogen-bond donors (Lipinski definition) is 1. The number of rotatable bonds is 6. The molecule has 7 aromatic carbocycles. The van der Waals surface area contributed by atoms with Gasteiger partial charge in [-0.3, -0.25) is 0 Å². The van der Waals surface area contributed by atoms with Crippen molar-refractivity contribution in [2.75, 3.05) is 5.32 Å². The lowest BCUT2D eigenvalue weighted by Crippen LogP contribution is -1.95. The van der Waals surface area contributed by atoms with Gasteiger partial charge in [0, 0.05) is 16.9 Å². The van der Waals surface area contributed by atoms with E-state index in [2.05, 4.69) is 175 Å². The van der Waals surface area contributed by atoms with E-state index in [9.17, 15) is 0 Å². The zero-order chi connectivity index (χ0) is 30.0. The number of aryl methyl sites for hydroxylation is 1. The Balaban J connectivity index is 1.13. The van der Waals surface area contributed by atoms with Crippen molar-refractivity contribution >= 4 is 28.2 Å². The molecular weight excluding hydrogens is 542 g/mol. The van der Waals surface area contributed by atoms with Crippen LogP contribution < -0.4 is 5.32 Å². The van der Waals surface area contributed by atoms with Gasteiger partial charge in [-0.05, 0) is 110 Å². The Morgan fingerprint density at radius 2 is 1.07 bits per heavy atom. The van der Waals surface area contributed by atoms with Gasteiger partial charge in [0.2, 0.25) is 0 Å². The van der Waals surface area contributed by atoms with E-state index in [1.165, 1.54) is 66.4 Å². The SMILES string of the molecule is C1=Cc2c(ccc3cc(-c4ccc(Nc5ccc(-c6ccccc6)cc5-c5cccc(-c6ccccc6)c5)cc4)ccc23)CC1. The van der Waals surface area contributed by atoms with Crippen LogP contribution in [-0.2, 0) is 6.42 Å². The van der Waals surface area contributed by atoms with E-state index in [1.807, 2.05) is 0 Å². The number of fused-ring (bicyclic) bond motifs is 3. The van der Waals surface area contributed by atoms with Crippen molar-refractivity contribution in [2.24, 2.45) is 0 Å². The molecule has 0 amide bonds. The van der Waals surface area contributed by atoms with E-state index < -0.39 is 0 Å². The van der Waals surface area contributed by atoms with Gasteiger partial charge in [-0.15, -0.1) is 0 Å². The fourth-order valence-electron chi connectivity index (χ4n) is 6.53. The molecule has 1 N–H and O–H groups in total. The Kier molecular flexibility index (Phi) is 7.05. The minimum absolute atomic E-state index is 1.06. The molecular formula is C44H33N. The second kappa shape index (κ2) is 11.8. The lowest BCUT2D eigenvalue weighted by molar-refractivity contribution is 0.990. The van der Waals surface area contributed by atoms with E-state index in [0.717, 1.165) is 24.2 Å². The van der Waals surface area contributed by atoms with Crippen LogP contribution in [0.4, 0.5) is 11.4 Å². The Hall–Kier alpha value is -5.66. The van der Waals surface area contributed by atoms with Crippen LogP contribution in [0, 0.1) is 0 Å². The molecule has 1 nitrogen and oxygen atoms in total. The molecule has 45 heavy (non-hydrogen) atoms. The van der Waals surface area contributed by atoms with Gasteiger partial charge < -0.3 is 5.32 Å². The van der Waals surface area contributed by atoms with Crippen molar-refractivity contribution < 1.29 is 0 Å². The second-order valence-electron chi connectivity index (χ2n) is 11.8. The molecule has 0 fully saturated rings. The molecule has 0 aromatic heterocycles. The van der Waals surface area contributed by atoms with Crippen LogP contribution in [0.3, 0.4) is 0 Å². The van der Waals surface area contributed by atoms with E-state index >= 15 is 0 Å². The van der Waals surface area contributed by atoms with E-state index in [4.69, 9.17) is 0 Å². The van der Waals surface area contributed by atoms with Crippen molar-refractivity contribution in [3.8, 4) is 44.5 Å². The van der Waals surface area contributed by atoms with Crippen LogP contribution in [0.15, 0.2) is 164 Å². The minimum atomic E-state index is 1.06. The second-order valence-corrected chi connectivity index (χ2v) is 11.8.